The smallest absolute Gasteiger partial charge is 0.264 e. The number of hydrogen-bond donors (Lipinski definition) is 2. The predicted octanol–water partition coefficient (Wildman–Crippen LogP) is 1.44. The van der Waals surface area contributed by atoms with E-state index in [0.717, 1.165) is 37.7 Å². The number of aromatic nitrogens is 2. The van der Waals surface area contributed by atoms with E-state index in [0.29, 0.717) is 6.42 Å². The second kappa shape index (κ2) is 6.94. The normalized spacial score (nSPS) is 22.2. The molecule has 1 aliphatic heterocycles. The number of H-pyrrole nitrogens is 1. The van der Waals surface area contributed by atoms with Gasteiger partial charge < -0.3 is 10.2 Å². The highest BCUT2D eigenvalue weighted by Gasteiger charge is 2.25. The Morgan fingerprint density at radius 3 is 2.86 bits per heavy atom. The number of hydrogen-bond acceptors (Lipinski definition) is 4. The molecule has 2 N–H and O–H groups in total. The molecule has 0 bridgehead atoms. The zero-order chi connectivity index (χ0) is 15.4. The van der Waals surface area contributed by atoms with Crippen LogP contribution in [0.1, 0.15) is 44.9 Å². The van der Waals surface area contributed by atoms with Crippen molar-refractivity contribution in [1.82, 2.24) is 15.5 Å². The van der Waals surface area contributed by atoms with Gasteiger partial charge in [-0.3, -0.25) is 9.59 Å². The predicted molar refractivity (Wildman–Crippen MR) is 84.8 cm³/mol. The highest BCUT2D eigenvalue weighted by atomic mass is 16.1. The van der Waals surface area contributed by atoms with Crippen molar-refractivity contribution in [2.24, 2.45) is 5.92 Å². The standard InChI is InChI=1S/C16H24N4O2/c21-15(7-5-12-3-1-2-4-12)17-13-9-10-20(11-13)14-6-8-16(22)19-18-14/h6,8,12-13H,1-5,7,9-11H2,(H,17,21)(H,19,22). The number of carbonyl (C=O) groups excluding carboxylic acids is 1. The molecular weight excluding hydrogens is 280 g/mol. The number of rotatable bonds is 5. The van der Waals surface area contributed by atoms with Crippen LogP contribution in [0.5, 0.6) is 0 Å². The van der Waals surface area contributed by atoms with E-state index >= 15 is 0 Å². The zero-order valence-electron chi connectivity index (χ0n) is 12.9. The highest BCUT2D eigenvalue weighted by molar-refractivity contribution is 5.76. The fourth-order valence-electron chi connectivity index (χ4n) is 3.53. The van der Waals surface area contributed by atoms with E-state index in [1.54, 1.807) is 6.07 Å². The molecule has 1 aromatic heterocycles. The Balaban J connectivity index is 1.43. The van der Waals surface area contributed by atoms with Crippen molar-refractivity contribution in [3.05, 3.63) is 22.5 Å². The molecule has 120 valence electrons. The van der Waals surface area contributed by atoms with E-state index < -0.39 is 0 Å². The molecule has 0 aromatic carbocycles. The molecule has 3 rings (SSSR count). The Morgan fingerprint density at radius 2 is 2.14 bits per heavy atom. The third kappa shape index (κ3) is 3.87. The second-order valence-corrected chi connectivity index (χ2v) is 6.47. The molecule has 1 aromatic rings. The summed E-state index contributed by atoms with van der Waals surface area (Å²) >= 11 is 0. The first kappa shape index (κ1) is 15.1. The first-order valence-electron chi connectivity index (χ1n) is 8.31. The minimum Gasteiger partial charge on any atom is -0.353 e. The molecule has 22 heavy (non-hydrogen) atoms. The summed E-state index contributed by atoms with van der Waals surface area (Å²) in [7, 11) is 0. The fraction of sp³-hybridized carbons (Fsp3) is 0.688. The Hall–Kier alpha value is -1.85. The van der Waals surface area contributed by atoms with E-state index in [4.69, 9.17) is 0 Å². The number of anilines is 1. The number of aromatic amines is 1. The average molecular weight is 304 g/mol. The van der Waals surface area contributed by atoms with Gasteiger partial charge in [0.15, 0.2) is 0 Å². The van der Waals surface area contributed by atoms with Gasteiger partial charge in [0.1, 0.15) is 5.82 Å². The molecule has 1 aliphatic carbocycles. The third-order valence-corrected chi connectivity index (χ3v) is 4.80. The van der Waals surface area contributed by atoms with E-state index in [9.17, 15) is 9.59 Å². The zero-order valence-corrected chi connectivity index (χ0v) is 12.9. The minimum atomic E-state index is -0.195. The van der Waals surface area contributed by atoms with Crippen LogP contribution < -0.4 is 15.8 Å². The quantitative estimate of drug-likeness (QED) is 0.863. The largest absolute Gasteiger partial charge is 0.353 e. The SMILES string of the molecule is O=C(CCC1CCCC1)NC1CCN(c2ccc(=O)[nH]n2)C1. The van der Waals surface area contributed by atoms with Crippen molar-refractivity contribution in [3.63, 3.8) is 0 Å². The number of amides is 1. The molecule has 0 radical (unpaired) electrons. The molecule has 2 heterocycles. The molecule has 2 fully saturated rings. The topological polar surface area (TPSA) is 78.1 Å². The van der Waals surface area contributed by atoms with Gasteiger partial charge in [-0.1, -0.05) is 25.7 Å². The Bertz CT molecular complexity index is 545. The lowest BCUT2D eigenvalue weighted by Gasteiger charge is -2.17. The van der Waals surface area contributed by atoms with Crippen LogP contribution in [-0.4, -0.2) is 35.2 Å². The van der Waals surface area contributed by atoms with Crippen LogP contribution >= 0.6 is 0 Å². The van der Waals surface area contributed by atoms with E-state index in [-0.39, 0.29) is 17.5 Å². The number of nitrogens with one attached hydrogen (secondary N) is 2. The van der Waals surface area contributed by atoms with Gasteiger partial charge in [0.25, 0.3) is 5.56 Å². The van der Waals surface area contributed by atoms with Crippen molar-refractivity contribution in [1.29, 1.82) is 0 Å². The molecule has 0 spiro atoms. The van der Waals surface area contributed by atoms with Crippen LogP contribution in [0.3, 0.4) is 0 Å². The highest BCUT2D eigenvalue weighted by Crippen LogP contribution is 2.28. The lowest BCUT2D eigenvalue weighted by atomic mass is 10.0. The molecule has 6 heteroatoms. The summed E-state index contributed by atoms with van der Waals surface area (Å²) in [5.41, 5.74) is -0.195. The number of carbonyl (C=O) groups is 1. The summed E-state index contributed by atoms with van der Waals surface area (Å²) in [6.45, 7) is 1.61. The molecule has 1 amide bonds. The first-order valence-corrected chi connectivity index (χ1v) is 8.31. The average Bonchev–Trinajstić information content (AvgIpc) is 3.17. The van der Waals surface area contributed by atoms with Crippen LogP contribution in [0.15, 0.2) is 16.9 Å². The molecular formula is C16H24N4O2. The van der Waals surface area contributed by atoms with E-state index in [1.807, 2.05) is 0 Å². The van der Waals surface area contributed by atoms with Gasteiger partial charge in [0, 0.05) is 31.6 Å². The van der Waals surface area contributed by atoms with Crippen LogP contribution in [0.4, 0.5) is 5.82 Å². The van der Waals surface area contributed by atoms with Gasteiger partial charge in [-0.05, 0) is 24.8 Å². The van der Waals surface area contributed by atoms with Crippen LogP contribution in [0.2, 0.25) is 0 Å². The second-order valence-electron chi connectivity index (χ2n) is 6.47. The van der Waals surface area contributed by atoms with Gasteiger partial charge >= 0.3 is 0 Å². The molecule has 1 atom stereocenters. The van der Waals surface area contributed by atoms with Crippen LogP contribution in [0.25, 0.3) is 0 Å². The van der Waals surface area contributed by atoms with Crippen molar-refractivity contribution in [2.75, 3.05) is 18.0 Å². The van der Waals surface area contributed by atoms with E-state index in [1.165, 1.54) is 31.7 Å². The maximum atomic E-state index is 12.1. The summed E-state index contributed by atoms with van der Waals surface area (Å²) in [6, 6.07) is 3.39. The minimum absolute atomic E-state index is 0.174. The summed E-state index contributed by atoms with van der Waals surface area (Å²) in [5.74, 6) is 1.70. The molecule has 1 saturated carbocycles. The summed E-state index contributed by atoms with van der Waals surface area (Å²) in [6.07, 6.45) is 7.86. The van der Waals surface area contributed by atoms with Gasteiger partial charge in [0.2, 0.25) is 5.91 Å². The monoisotopic (exact) mass is 304 g/mol. The van der Waals surface area contributed by atoms with Crippen molar-refractivity contribution in [3.8, 4) is 0 Å². The van der Waals surface area contributed by atoms with Crippen molar-refractivity contribution < 1.29 is 4.79 Å². The van der Waals surface area contributed by atoms with Crippen LogP contribution in [-0.2, 0) is 4.79 Å². The Kier molecular flexibility index (Phi) is 4.75. The molecule has 2 aliphatic rings. The maximum absolute atomic E-state index is 12.1. The molecule has 1 saturated heterocycles. The van der Waals surface area contributed by atoms with Gasteiger partial charge in [-0.2, -0.15) is 5.10 Å². The lowest BCUT2D eigenvalue weighted by Crippen LogP contribution is -2.37. The Labute approximate surface area is 130 Å². The summed E-state index contributed by atoms with van der Waals surface area (Å²) in [4.78, 5) is 25.2. The Morgan fingerprint density at radius 1 is 1.32 bits per heavy atom. The summed E-state index contributed by atoms with van der Waals surface area (Å²) in [5, 5.41) is 9.62. The van der Waals surface area contributed by atoms with Crippen molar-refractivity contribution >= 4 is 11.7 Å². The third-order valence-electron chi connectivity index (χ3n) is 4.80. The fourth-order valence-corrected chi connectivity index (χ4v) is 3.53. The molecule has 1 unspecified atom stereocenters. The van der Waals surface area contributed by atoms with Crippen molar-refractivity contribution in [2.45, 2.75) is 51.0 Å². The lowest BCUT2D eigenvalue weighted by molar-refractivity contribution is -0.121. The summed E-state index contributed by atoms with van der Waals surface area (Å²) < 4.78 is 0. The molecule has 6 nitrogen and oxygen atoms in total. The van der Waals surface area contributed by atoms with Gasteiger partial charge in [-0.15, -0.1) is 0 Å². The van der Waals surface area contributed by atoms with Gasteiger partial charge in [-0.25, -0.2) is 5.10 Å². The van der Waals surface area contributed by atoms with Gasteiger partial charge in [0.05, 0.1) is 0 Å². The first-order chi connectivity index (χ1) is 10.7. The number of nitrogens with zero attached hydrogens (tertiary/aromatic N) is 2. The van der Waals surface area contributed by atoms with Crippen LogP contribution in [0, 0.1) is 5.92 Å². The van der Waals surface area contributed by atoms with E-state index in [2.05, 4.69) is 20.4 Å². The maximum Gasteiger partial charge on any atom is 0.264 e.